The number of hydrogen-bond donors (Lipinski definition) is 1. The summed E-state index contributed by atoms with van der Waals surface area (Å²) in [5.41, 5.74) is 0.528. The summed E-state index contributed by atoms with van der Waals surface area (Å²) in [7, 11) is 2.58. The molecule has 1 aliphatic heterocycles. The molecule has 1 fully saturated rings. The van der Waals surface area contributed by atoms with Gasteiger partial charge in [-0.3, -0.25) is 0 Å². The standard InChI is InChI=1S/C15H19NO5/c1-19-14(17)11-5-12(15(18)20-2)7-13(6-11)21-9-10-3-4-16-8-10/h5-7,10,16H,3-4,8-9H2,1-2H3/t10-/m0/s1. The van der Waals surface area contributed by atoms with Crippen LogP contribution in [-0.4, -0.2) is 45.9 Å². The van der Waals surface area contributed by atoms with Crippen LogP contribution in [0.25, 0.3) is 0 Å². The summed E-state index contributed by atoms with van der Waals surface area (Å²) >= 11 is 0. The van der Waals surface area contributed by atoms with Crippen LogP contribution in [0.15, 0.2) is 18.2 Å². The lowest BCUT2D eigenvalue weighted by Gasteiger charge is -2.12. The Labute approximate surface area is 123 Å². The van der Waals surface area contributed by atoms with Crippen LogP contribution in [0.2, 0.25) is 0 Å². The molecule has 0 bridgehead atoms. The number of ether oxygens (including phenoxy) is 3. The number of carbonyl (C=O) groups is 2. The Morgan fingerprint density at radius 3 is 2.24 bits per heavy atom. The minimum absolute atomic E-state index is 0.264. The second kappa shape index (κ2) is 7.08. The smallest absolute Gasteiger partial charge is 0.338 e. The van der Waals surface area contributed by atoms with Crippen LogP contribution in [-0.2, 0) is 9.47 Å². The minimum Gasteiger partial charge on any atom is -0.493 e. The predicted octanol–water partition coefficient (Wildman–Crippen LogP) is 1.25. The summed E-state index contributed by atoms with van der Waals surface area (Å²) in [6.45, 7) is 2.45. The first-order valence-corrected chi connectivity index (χ1v) is 6.79. The van der Waals surface area contributed by atoms with E-state index in [0.29, 0.717) is 18.3 Å². The quantitative estimate of drug-likeness (QED) is 0.824. The van der Waals surface area contributed by atoms with Gasteiger partial charge >= 0.3 is 11.9 Å². The van der Waals surface area contributed by atoms with Crippen LogP contribution in [0.3, 0.4) is 0 Å². The molecule has 1 N–H and O–H groups in total. The number of rotatable bonds is 5. The van der Waals surface area contributed by atoms with Gasteiger partial charge in [-0.25, -0.2) is 9.59 Å². The van der Waals surface area contributed by atoms with E-state index in [1.807, 2.05) is 0 Å². The van der Waals surface area contributed by atoms with E-state index in [1.54, 1.807) is 12.1 Å². The Morgan fingerprint density at radius 2 is 1.76 bits per heavy atom. The summed E-state index contributed by atoms with van der Waals surface area (Å²) in [6, 6.07) is 4.57. The van der Waals surface area contributed by atoms with Gasteiger partial charge in [0.2, 0.25) is 0 Å². The van der Waals surface area contributed by atoms with Crippen molar-refractivity contribution < 1.29 is 23.8 Å². The van der Waals surface area contributed by atoms with E-state index in [-0.39, 0.29) is 11.1 Å². The Morgan fingerprint density at radius 1 is 1.14 bits per heavy atom. The van der Waals surface area contributed by atoms with Crippen LogP contribution in [0.5, 0.6) is 5.75 Å². The molecule has 0 aliphatic carbocycles. The highest BCUT2D eigenvalue weighted by Crippen LogP contribution is 2.20. The maximum atomic E-state index is 11.6. The van der Waals surface area contributed by atoms with Gasteiger partial charge in [-0.2, -0.15) is 0 Å². The van der Waals surface area contributed by atoms with Crippen molar-refractivity contribution in [2.24, 2.45) is 5.92 Å². The highest BCUT2D eigenvalue weighted by molar-refractivity contribution is 5.96. The summed E-state index contributed by atoms with van der Waals surface area (Å²) < 4.78 is 15.1. The molecule has 2 rings (SSSR count). The number of methoxy groups -OCH3 is 2. The molecule has 1 atom stereocenters. The summed E-state index contributed by atoms with van der Waals surface area (Å²) in [5, 5.41) is 3.26. The zero-order valence-corrected chi connectivity index (χ0v) is 12.2. The van der Waals surface area contributed by atoms with Crippen molar-refractivity contribution in [2.45, 2.75) is 6.42 Å². The van der Waals surface area contributed by atoms with Gasteiger partial charge in [0.25, 0.3) is 0 Å². The number of benzene rings is 1. The second-order valence-electron chi connectivity index (χ2n) is 4.90. The Kier molecular flexibility index (Phi) is 5.16. The number of nitrogens with one attached hydrogen (secondary N) is 1. The lowest BCUT2D eigenvalue weighted by molar-refractivity contribution is 0.0598. The zero-order chi connectivity index (χ0) is 15.2. The molecule has 1 saturated heterocycles. The fraction of sp³-hybridized carbons (Fsp3) is 0.467. The maximum Gasteiger partial charge on any atom is 0.338 e. The van der Waals surface area contributed by atoms with Crippen LogP contribution in [0.1, 0.15) is 27.1 Å². The molecule has 1 aromatic carbocycles. The molecule has 0 aromatic heterocycles. The summed E-state index contributed by atoms with van der Waals surface area (Å²) in [4.78, 5) is 23.3. The normalized spacial score (nSPS) is 17.3. The molecule has 1 aliphatic rings. The van der Waals surface area contributed by atoms with Gasteiger partial charge in [0, 0.05) is 12.5 Å². The van der Waals surface area contributed by atoms with Crippen molar-refractivity contribution in [1.29, 1.82) is 0 Å². The maximum absolute atomic E-state index is 11.6. The molecule has 1 heterocycles. The largest absolute Gasteiger partial charge is 0.493 e. The SMILES string of the molecule is COC(=O)c1cc(OC[C@H]2CCNC2)cc(C(=O)OC)c1. The van der Waals surface area contributed by atoms with Crippen LogP contribution < -0.4 is 10.1 Å². The molecule has 0 amide bonds. The third-order valence-electron chi connectivity index (χ3n) is 3.40. The molecule has 1 aromatic rings. The third-order valence-corrected chi connectivity index (χ3v) is 3.40. The van der Waals surface area contributed by atoms with E-state index < -0.39 is 11.9 Å². The van der Waals surface area contributed by atoms with E-state index in [4.69, 9.17) is 4.74 Å². The Hall–Kier alpha value is -2.08. The van der Waals surface area contributed by atoms with Gasteiger partial charge in [-0.15, -0.1) is 0 Å². The second-order valence-corrected chi connectivity index (χ2v) is 4.90. The molecule has 0 unspecified atom stereocenters. The number of carbonyl (C=O) groups excluding carboxylic acids is 2. The van der Waals surface area contributed by atoms with Crippen molar-refractivity contribution in [3.63, 3.8) is 0 Å². The van der Waals surface area contributed by atoms with E-state index in [0.717, 1.165) is 19.5 Å². The first-order valence-electron chi connectivity index (χ1n) is 6.79. The molecule has 0 radical (unpaired) electrons. The highest BCUT2D eigenvalue weighted by Gasteiger charge is 2.17. The molecule has 0 spiro atoms. The fourth-order valence-corrected chi connectivity index (χ4v) is 2.22. The predicted molar refractivity (Wildman–Crippen MR) is 75.6 cm³/mol. The Bertz CT molecular complexity index is 489. The van der Waals surface area contributed by atoms with Crippen molar-refractivity contribution in [3.05, 3.63) is 29.3 Å². The zero-order valence-electron chi connectivity index (χ0n) is 12.2. The van der Waals surface area contributed by atoms with Crippen molar-refractivity contribution in [1.82, 2.24) is 5.32 Å². The molecule has 0 saturated carbocycles. The van der Waals surface area contributed by atoms with Gasteiger partial charge in [-0.1, -0.05) is 0 Å². The molecular formula is C15H19NO5. The monoisotopic (exact) mass is 293 g/mol. The molecule has 6 heteroatoms. The van der Waals surface area contributed by atoms with Gasteiger partial charge in [0.05, 0.1) is 32.0 Å². The van der Waals surface area contributed by atoms with E-state index in [2.05, 4.69) is 14.8 Å². The van der Waals surface area contributed by atoms with Gasteiger partial charge in [0.15, 0.2) is 0 Å². The highest BCUT2D eigenvalue weighted by atomic mass is 16.5. The Balaban J connectivity index is 2.17. The fourth-order valence-electron chi connectivity index (χ4n) is 2.22. The summed E-state index contributed by atoms with van der Waals surface area (Å²) in [6.07, 6.45) is 1.06. The van der Waals surface area contributed by atoms with Crippen LogP contribution >= 0.6 is 0 Å². The topological polar surface area (TPSA) is 73.9 Å². The van der Waals surface area contributed by atoms with Gasteiger partial charge in [-0.05, 0) is 31.2 Å². The number of hydrogen-bond acceptors (Lipinski definition) is 6. The van der Waals surface area contributed by atoms with Gasteiger partial charge < -0.3 is 19.5 Å². The molecule has 21 heavy (non-hydrogen) atoms. The van der Waals surface area contributed by atoms with E-state index in [1.165, 1.54) is 20.3 Å². The average Bonchev–Trinajstić information content (AvgIpc) is 3.04. The van der Waals surface area contributed by atoms with Gasteiger partial charge in [0.1, 0.15) is 5.75 Å². The molecule has 114 valence electrons. The van der Waals surface area contributed by atoms with Crippen LogP contribution in [0, 0.1) is 5.92 Å². The average molecular weight is 293 g/mol. The van der Waals surface area contributed by atoms with E-state index in [9.17, 15) is 9.59 Å². The first kappa shape index (κ1) is 15.3. The van der Waals surface area contributed by atoms with Crippen molar-refractivity contribution in [2.75, 3.05) is 33.9 Å². The van der Waals surface area contributed by atoms with E-state index >= 15 is 0 Å². The van der Waals surface area contributed by atoms with Crippen molar-refractivity contribution >= 4 is 11.9 Å². The lowest BCUT2D eigenvalue weighted by Crippen LogP contribution is -2.16. The van der Waals surface area contributed by atoms with Crippen molar-refractivity contribution in [3.8, 4) is 5.75 Å². The van der Waals surface area contributed by atoms with Crippen LogP contribution in [0.4, 0.5) is 0 Å². The first-order chi connectivity index (χ1) is 10.1. The lowest BCUT2D eigenvalue weighted by atomic mass is 10.1. The molecular weight excluding hydrogens is 274 g/mol. The third kappa shape index (κ3) is 3.95. The molecule has 6 nitrogen and oxygen atoms in total. The summed E-state index contributed by atoms with van der Waals surface area (Å²) in [5.74, 6) is -0.139. The number of esters is 2. The minimum atomic E-state index is -0.520.